The Morgan fingerprint density at radius 2 is 2.00 bits per heavy atom. The summed E-state index contributed by atoms with van der Waals surface area (Å²) >= 11 is 1.52. The average molecular weight is 435 g/mol. The number of nitrogens with one attached hydrogen (secondary N) is 1. The number of carbonyl (C=O) groups excluding carboxylic acids is 1. The van der Waals surface area contributed by atoms with Gasteiger partial charge in [0.05, 0.1) is 5.54 Å². The second kappa shape index (κ2) is 8.83. The van der Waals surface area contributed by atoms with Gasteiger partial charge in [-0.05, 0) is 54.8 Å². The Hall–Kier alpha value is -2.94. The average Bonchev–Trinajstić information content (AvgIpc) is 2.66. The number of hydrogen-bond donors (Lipinski definition) is 2. The summed E-state index contributed by atoms with van der Waals surface area (Å²) in [4.78, 5) is 16.8. The van der Waals surface area contributed by atoms with E-state index in [4.69, 9.17) is 5.73 Å². The molecule has 0 saturated heterocycles. The lowest BCUT2D eigenvalue weighted by Gasteiger charge is -2.30. The molecule has 1 unspecified atom stereocenters. The van der Waals surface area contributed by atoms with Crippen LogP contribution in [0.1, 0.15) is 24.5 Å². The van der Waals surface area contributed by atoms with E-state index in [-0.39, 0.29) is 11.7 Å². The monoisotopic (exact) mass is 435 g/mol. The molecule has 1 amide bonds. The highest BCUT2D eigenvalue weighted by Gasteiger charge is 2.31. The third kappa shape index (κ3) is 6.03. The Bertz CT molecular complexity index is 974. The lowest BCUT2D eigenvalue weighted by atomic mass is 9.89. The number of halogens is 3. The number of aliphatic imine (C=N–C) groups is 1. The standard InChI is InChI=1S/C21H20F3N3O2S/c1-20(11-12-30-19(25)27-20)15-3-2-4-16(13-15)26-18(28)10-7-14-5-8-17(9-6-14)29-21(22,23)24/h2-10,13H,11-12H2,1H3,(H2,25,27)(H,26,28)/b10-7+. The van der Waals surface area contributed by atoms with Crippen molar-refractivity contribution in [1.82, 2.24) is 0 Å². The SMILES string of the molecule is CC1(c2cccc(NC(=O)/C=C/c3ccc(OC(F)(F)F)cc3)c2)CCSC(N)=N1. The predicted octanol–water partition coefficient (Wildman–Crippen LogP) is 4.90. The molecule has 1 aliphatic heterocycles. The van der Waals surface area contributed by atoms with Crippen molar-refractivity contribution in [2.75, 3.05) is 11.1 Å². The normalized spacial score (nSPS) is 19.4. The first-order valence-electron chi connectivity index (χ1n) is 9.06. The van der Waals surface area contributed by atoms with E-state index in [0.29, 0.717) is 16.4 Å². The van der Waals surface area contributed by atoms with Crippen molar-refractivity contribution in [2.24, 2.45) is 10.7 Å². The second-order valence-electron chi connectivity index (χ2n) is 6.84. The van der Waals surface area contributed by atoms with Crippen LogP contribution in [0.2, 0.25) is 0 Å². The number of ether oxygens (including phenoxy) is 1. The molecule has 0 spiro atoms. The Balaban J connectivity index is 1.64. The molecular weight excluding hydrogens is 415 g/mol. The van der Waals surface area contributed by atoms with Crippen molar-refractivity contribution in [3.63, 3.8) is 0 Å². The van der Waals surface area contributed by atoms with Crippen LogP contribution in [-0.4, -0.2) is 23.2 Å². The van der Waals surface area contributed by atoms with Crippen LogP contribution in [-0.2, 0) is 10.3 Å². The summed E-state index contributed by atoms with van der Waals surface area (Å²) in [6.07, 6.45) is -1.09. The fourth-order valence-corrected chi connectivity index (χ4v) is 3.94. The zero-order valence-corrected chi connectivity index (χ0v) is 16.9. The number of amidine groups is 1. The molecule has 2 aromatic rings. The van der Waals surface area contributed by atoms with Crippen LogP contribution in [0.5, 0.6) is 5.75 Å². The number of hydrogen-bond acceptors (Lipinski definition) is 5. The molecule has 0 fully saturated rings. The third-order valence-corrected chi connectivity index (χ3v) is 5.28. The zero-order valence-electron chi connectivity index (χ0n) is 16.1. The largest absolute Gasteiger partial charge is 0.573 e. The summed E-state index contributed by atoms with van der Waals surface area (Å²) < 4.78 is 40.4. The van der Waals surface area contributed by atoms with Gasteiger partial charge in [0.2, 0.25) is 5.91 Å². The van der Waals surface area contributed by atoms with Crippen molar-refractivity contribution < 1.29 is 22.7 Å². The number of anilines is 1. The number of thioether (sulfide) groups is 1. The molecule has 1 aliphatic rings. The molecule has 3 rings (SSSR count). The Labute approximate surface area is 176 Å². The highest BCUT2D eigenvalue weighted by atomic mass is 32.2. The van der Waals surface area contributed by atoms with E-state index in [9.17, 15) is 18.0 Å². The van der Waals surface area contributed by atoms with Crippen LogP contribution >= 0.6 is 11.8 Å². The van der Waals surface area contributed by atoms with Gasteiger partial charge in [-0.3, -0.25) is 9.79 Å². The first kappa shape index (κ1) is 21.8. The van der Waals surface area contributed by atoms with Gasteiger partial charge in [0.15, 0.2) is 5.17 Å². The van der Waals surface area contributed by atoms with Gasteiger partial charge >= 0.3 is 6.36 Å². The van der Waals surface area contributed by atoms with E-state index in [1.807, 2.05) is 25.1 Å². The molecule has 5 nitrogen and oxygen atoms in total. The van der Waals surface area contributed by atoms with Gasteiger partial charge in [-0.1, -0.05) is 36.0 Å². The highest BCUT2D eigenvalue weighted by molar-refractivity contribution is 8.13. The molecule has 1 atom stereocenters. The van der Waals surface area contributed by atoms with Crippen LogP contribution in [0.4, 0.5) is 18.9 Å². The van der Waals surface area contributed by atoms with E-state index in [2.05, 4.69) is 15.0 Å². The van der Waals surface area contributed by atoms with Crippen LogP contribution < -0.4 is 15.8 Å². The first-order valence-corrected chi connectivity index (χ1v) is 10.1. The van der Waals surface area contributed by atoms with Crippen LogP contribution in [0.25, 0.3) is 6.08 Å². The smallest absolute Gasteiger partial charge is 0.406 e. The molecule has 0 saturated carbocycles. The molecule has 9 heteroatoms. The number of nitrogens with zero attached hydrogens (tertiary/aromatic N) is 1. The Morgan fingerprint density at radius 1 is 1.27 bits per heavy atom. The molecule has 0 aromatic heterocycles. The quantitative estimate of drug-likeness (QED) is 0.655. The number of nitrogens with two attached hydrogens (primary N) is 1. The van der Waals surface area contributed by atoms with Crippen molar-refractivity contribution in [3.05, 3.63) is 65.7 Å². The van der Waals surface area contributed by atoms with E-state index in [1.54, 1.807) is 6.07 Å². The molecule has 158 valence electrons. The van der Waals surface area contributed by atoms with E-state index in [1.165, 1.54) is 48.2 Å². The van der Waals surface area contributed by atoms with Gasteiger partial charge in [-0.2, -0.15) is 0 Å². The molecule has 3 N–H and O–H groups in total. The maximum atomic E-state index is 12.2. The number of benzene rings is 2. The van der Waals surface area contributed by atoms with Gasteiger partial charge in [0, 0.05) is 17.5 Å². The zero-order chi connectivity index (χ0) is 21.8. The topological polar surface area (TPSA) is 76.7 Å². The van der Waals surface area contributed by atoms with Crippen molar-refractivity contribution in [1.29, 1.82) is 0 Å². The fourth-order valence-electron chi connectivity index (χ4n) is 2.96. The van der Waals surface area contributed by atoms with Gasteiger partial charge < -0.3 is 15.8 Å². The van der Waals surface area contributed by atoms with Crippen LogP contribution in [0.15, 0.2) is 59.6 Å². The lowest BCUT2D eigenvalue weighted by Crippen LogP contribution is -2.28. The van der Waals surface area contributed by atoms with Crippen molar-refractivity contribution in [2.45, 2.75) is 25.2 Å². The van der Waals surface area contributed by atoms with Gasteiger partial charge in [-0.15, -0.1) is 13.2 Å². The number of carbonyl (C=O) groups is 1. The fraction of sp³-hybridized carbons (Fsp3) is 0.238. The second-order valence-corrected chi connectivity index (χ2v) is 7.96. The minimum atomic E-state index is -4.74. The minimum Gasteiger partial charge on any atom is -0.406 e. The maximum Gasteiger partial charge on any atom is 0.573 e. The van der Waals surface area contributed by atoms with Crippen molar-refractivity contribution >= 4 is 34.6 Å². The molecule has 0 bridgehead atoms. The van der Waals surface area contributed by atoms with Crippen LogP contribution in [0.3, 0.4) is 0 Å². The number of rotatable bonds is 5. The molecule has 2 aromatic carbocycles. The number of alkyl halides is 3. The highest BCUT2D eigenvalue weighted by Crippen LogP contribution is 2.35. The Kier molecular flexibility index (Phi) is 6.40. The summed E-state index contributed by atoms with van der Waals surface area (Å²) in [5.74, 6) is 0.187. The predicted molar refractivity (Wildman–Crippen MR) is 113 cm³/mol. The summed E-state index contributed by atoms with van der Waals surface area (Å²) in [6, 6.07) is 12.6. The molecular formula is C21H20F3N3O2S. The molecule has 1 heterocycles. The summed E-state index contributed by atoms with van der Waals surface area (Å²) in [5.41, 5.74) is 7.56. The first-order chi connectivity index (χ1) is 14.1. The molecule has 0 aliphatic carbocycles. The lowest BCUT2D eigenvalue weighted by molar-refractivity contribution is -0.274. The van der Waals surface area contributed by atoms with Crippen molar-refractivity contribution in [3.8, 4) is 5.75 Å². The minimum absolute atomic E-state index is 0.321. The number of amides is 1. The molecule has 30 heavy (non-hydrogen) atoms. The van der Waals surface area contributed by atoms with Gasteiger partial charge in [0.25, 0.3) is 0 Å². The van der Waals surface area contributed by atoms with E-state index < -0.39 is 11.9 Å². The van der Waals surface area contributed by atoms with E-state index >= 15 is 0 Å². The third-order valence-electron chi connectivity index (χ3n) is 4.49. The van der Waals surface area contributed by atoms with E-state index in [0.717, 1.165) is 17.7 Å². The van der Waals surface area contributed by atoms with Crippen LogP contribution in [0, 0.1) is 0 Å². The summed E-state index contributed by atoms with van der Waals surface area (Å²) in [5, 5.41) is 3.33. The summed E-state index contributed by atoms with van der Waals surface area (Å²) in [7, 11) is 0. The maximum absolute atomic E-state index is 12.2. The summed E-state index contributed by atoms with van der Waals surface area (Å²) in [6.45, 7) is 2.01. The van der Waals surface area contributed by atoms with Gasteiger partial charge in [0.1, 0.15) is 5.75 Å². The van der Waals surface area contributed by atoms with Gasteiger partial charge in [-0.25, -0.2) is 0 Å². The Morgan fingerprint density at radius 3 is 2.67 bits per heavy atom. The molecule has 0 radical (unpaired) electrons.